The molecule has 0 radical (unpaired) electrons. The number of imidazole rings is 1. The van der Waals surface area contributed by atoms with Crippen LogP contribution in [0.3, 0.4) is 0 Å². The molecule has 0 bridgehead atoms. The van der Waals surface area contributed by atoms with E-state index in [4.69, 9.17) is 16.6 Å². The number of piperazine rings is 1. The van der Waals surface area contributed by atoms with E-state index >= 15 is 0 Å². The number of aromatic nitrogens is 4. The molecule has 4 heterocycles. The molecule has 5 rings (SSSR count). The van der Waals surface area contributed by atoms with Gasteiger partial charge < -0.3 is 9.80 Å². The van der Waals surface area contributed by atoms with Crippen molar-refractivity contribution in [3.05, 3.63) is 78.0 Å². The Morgan fingerprint density at radius 3 is 2.37 bits per heavy atom. The number of rotatable bonds is 3. The van der Waals surface area contributed by atoms with E-state index in [-0.39, 0.29) is 5.91 Å². The van der Waals surface area contributed by atoms with Crippen LogP contribution in [-0.2, 0) is 0 Å². The van der Waals surface area contributed by atoms with Gasteiger partial charge in [0.2, 0.25) is 11.8 Å². The summed E-state index contributed by atoms with van der Waals surface area (Å²) in [6.07, 6.45) is 5.34. The quantitative estimate of drug-likeness (QED) is 0.510. The fraction of sp³-hybridized carbons (Fsp3) is 0.182. The van der Waals surface area contributed by atoms with Crippen molar-refractivity contribution in [3.63, 3.8) is 0 Å². The molecule has 7 nitrogen and oxygen atoms in total. The molecule has 4 aromatic rings. The van der Waals surface area contributed by atoms with Crippen LogP contribution in [0, 0.1) is 0 Å². The summed E-state index contributed by atoms with van der Waals surface area (Å²) < 4.78 is 1.86. The van der Waals surface area contributed by atoms with E-state index < -0.39 is 0 Å². The van der Waals surface area contributed by atoms with Crippen LogP contribution in [0.5, 0.6) is 0 Å². The monoisotopic (exact) mass is 418 g/mol. The zero-order valence-corrected chi connectivity index (χ0v) is 16.9. The average Bonchev–Trinajstić information content (AvgIpc) is 3.20. The van der Waals surface area contributed by atoms with Gasteiger partial charge in [0.05, 0.1) is 11.2 Å². The fourth-order valence-electron chi connectivity index (χ4n) is 3.71. The van der Waals surface area contributed by atoms with Crippen LogP contribution < -0.4 is 4.90 Å². The van der Waals surface area contributed by atoms with Crippen LogP contribution in [0.2, 0.25) is 5.02 Å². The minimum absolute atomic E-state index is 0.0787. The second-order valence-electron chi connectivity index (χ2n) is 7.07. The van der Waals surface area contributed by atoms with Gasteiger partial charge >= 0.3 is 0 Å². The van der Waals surface area contributed by atoms with Crippen molar-refractivity contribution in [2.75, 3.05) is 31.1 Å². The van der Waals surface area contributed by atoms with Crippen LogP contribution in [0.1, 0.15) is 10.6 Å². The number of carbonyl (C=O) groups excluding carboxylic acids is 1. The lowest BCUT2D eigenvalue weighted by atomic mass is 10.1. The van der Waals surface area contributed by atoms with Gasteiger partial charge in [-0.05, 0) is 30.3 Å². The molecule has 150 valence electrons. The highest BCUT2D eigenvalue weighted by Gasteiger charge is 2.27. The van der Waals surface area contributed by atoms with Crippen LogP contribution in [0.25, 0.3) is 16.8 Å². The number of pyridine rings is 1. The van der Waals surface area contributed by atoms with Crippen molar-refractivity contribution < 1.29 is 4.79 Å². The summed E-state index contributed by atoms with van der Waals surface area (Å²) >= 11 is 6.03. The number of carbonyl (C=O) groups is 1. The van der Waals surface area contributed by atoms with Crippen LogP contribution in [-0.4, -0.2) is 56.3 Å². The van der Waals surface area contributed by atoms with E-state index in [9.17, 15) is 4.79 Å². The van der Waals surface area contributed by atoms with Crippen molar-refractivity contribution >= 4 is 29.0 Å². The fourth-order valence-corrected chi connectivity index (χ4v) is 3.84. The van der Waals surface area contributed by atoms with Gasteiger partial charge in [0.1, 0.15) is 0 Å². The molecule has 8 heteroatoms. The second-order valence-corrected chi connectivity index (χ2v) is 7.51. The number of hydrogen-bond acceptors (Lipinski definition) is 5. The SMILES string of the molecule is O=C(c1nc(-c2ccc(Cl)cc2)c2ccccn12)N1CCN(c2ncccn2)CC1. The summed E-state index contributed by atoms with van der Waals surface area (Å²) in [6, 6.07) is 15.1. The molecular formula is C22H19ClN6O. The highest BCUT2D eigenvalue weighted by molar-refractivity contribution is 6.30. The molecule has 1 aliphatic rings. The van der Waals surface area contributed by atoms with Crippen molar-refractivity contribution in [3.8, 4) is 11.3 Å². The third-order valence-corrected chi connectivity index (χ3v) is 5.51. The second kappa shape index (κ2) is 7.76. The zero-order chi connectivity index (χ0) is 20.5. The van der Waals surface area contributed by atoms with Crippen molar-refractivity contribution in [1.29, 1.82) is 0 Å². The predicted octanol–water partition coefficient (Wildman–Crippen LogP) is 3.41. The van der Waals surface area contributed by atoms with Crippen LogP contribution in [0.4, 0.5) is 5.95 Å². The van der Waals surface area contributed by atoms with Gasteiger partial charge in [-0.25, -0.2) is 15.0 Å². The molecule has 0 N–H and O–H groups in total. The lowest BCUT2D eigenvalue weighted by Crippen LogP contribution is -2.49. The molecular weight excluding hydrogens is 400 g/mol. The molecule has 0 saturated carbocycles. The normalized spacial score (nSPS) is 14.3. The Morgan fingerprint density at radius 2 is 1.63 bits per heavy atom. The average molecular weight is 419 g/mol. The van der Waals surface area contributed by atoms with Gasteiger partial charge in [0, 0.05) is 55.4 Å². The summed E-state index contributed by atoms with van der Waals surface area (Å²) in [6.45, 7) is 2.55. The number of nitrogens with zero attached hydrogens (tertiary/aromatic N) is 6. The van der Waals surface area contributed by atoms with Crippen molar-refractivity contribution in [1.82, 2.24) is 24.3 Å². The Hall–Kier alpha value is -3.45. The van der Waals surface area contributed by atoms with Gasteiger partial charge in [0.15, 0.2) is 0 Å². The summed E-state index contributed by atoms with van der Waals surface area (Å²) in [5.74, 6) is 1.03. The maximum atomic E-state index is 13.3. The van der Waals surface area contributed by atoms with Crippen LogP contribution in [0.15, 0.2) is 67.1 Å². The van der Waals surface area contributed by atoms with E-state index in [1.54, 1.807) is 18.5 Å². The van der Waals surface area contributed by atoms with Crippen molar-refractivity contribution in [2.45, 2.75) is 0 Å². The first-order valence-corrected chi connectivity index (χ1v) is 10.1. The van der Waals surface area contributed by atoms with Crippen molar-refractivity contribution in [2.24, 2.45) is 0 Å². The minimum atomic E-state index is -0.0787. The summed E-state index contributed by atoms with van der Waals surface area (Å²) in [5.41, 5.74) is 2.58. The minimum Gasteiger partial charge on any atom is -0.337 e. The molecule has 1 aliphatic heterocycles. The largest absolute Gasteiger partial charge is 0.337 e. The smallest absolute Gasteiger partial charge is 0.290 e. The first-order valence-electron chi connectivity index (χ1n) is 9.75. The van der Waals surface area contributed by atoms with E-state index in [2.05, 4.69) is 14.9 Å². The van der Waals surface area contributed by atoms with E-state index in [0.717, 1.165) is 16.8 Å². The van der Waals surface area contributed by atoms with Crippen LogP contribution >= 0.6 is 11.6 Å². The highest BCUT2D eigenvalue weighted by atomic mass is 35.5. The maximum Gasteiger partial charge on any atom is 0.290 e. The molecule has 30 heavy (non-hydrogen) atoms. The van der Waals surface area contributed by atoms with Gasteiger partial charge in [-0.15, -0.1) is 0 Å². The van der Waals surface area contributed by atoms with Gasteiger partial charge in [-0.2, -0.15) is 0 Å². The number of halogens is 1. The van der Waals surface area contributed by atoms with Gasteiger partial charge in [-0.1, -0.05) is 29.8 Å². The number of hydrogen-bond donors (Lipinski definition) is 0. The molecule has 3 aromatic heterocycles. The Kier molecular flexibility index (Phi) is 4.80. The first kappa shape index (κ1) is 18.6. The molecule has 1 fully saturated rings. The molecule has 0 unspecified atom stereocenters. The molecule has 1 aromatic carbocycles. The molecule has 1 amide bonds. The zero-order valence-electron chi connectivity index (χ0n) is 16.1. The third-order valence-electron chi connectivity index (χ3n) is 5.26. The number of benzene rings is 1. The Balaban J connectivity index is 1.42. The predicted molar refractivity (Wildman–Crippen MR) is 116 cm³/mol. The lowest BCUT2D eigenvalue weighted by Gasteiger charge is -2.34. The third kappa shape index (κ3) is 3.37. The molecule has 0 spiro atoms. The summed E-state index contributed by atoms with van der Waals surface area (Å²) in [5, 5.41) is 0.666. The maximum absolute atomic E-state index is 13.3. The van der Waals surface area contributed by atoms with Gasteiger partial charge in [0.25, 0.3) is 5.91 Å². The number of anilines is 1. The molecule has 0 atom stereocenters. The first-order chi connectivity index (χ1) is 14.7. The van der Waals surface area contributed by atoms with E-state index in [1.807, 2.05) is 58.0 Å². The van der Waals surface area contributed by atoms with E-state index in [0.29, 0.717) is 43.0 Å². The number of amides is 1. The molecule has 0 aliphatic carbocycles. The standard InChI is InChI=1S/C22H19ClN6O/c23-17-7-5-16(6-8-17)19-18-4-1-2-11-29(18)20(26-19)21(30)27-12-14-28(15-13-27)22-24-9-3-10-25-22/h1-11H,12-15H2. The Bertz CT molecular complexity index is 1180. The Labute approximate surface area is 178 Å². The Morgan fingerprint density at radius 1 is 0.900 bits per heavy atom. The van der Waals surface area contributed by atoms with E-state index in [1.165, 1.54) is 0 Å². The summed E-state index contributed by atoms with van der Waals surface area (Å²) in [7, 11) is 0. The topological polar surface area (TPSA) is 66.6 Å². The van der Waals surface area contributed by atoms with Gasteiger partial charge in [-0.3, -0.25) is 9.20 Å². The number of fused-ring (bicyclic) bond motifs is 1. The summed E-state index contributed by atoms with van der Waals surface area (Å²) in [4.78, 5) is 30.6. The lowest BCUT2D eigenvalue weighted by molar-refractivity contribution is 0.0733. The molecule has 1 saturated heterocycles. The highest BCUT2D eigenvalue weighted by Crippen LogP contribution is 2.27.